The number of aromatic nitrogens is 3. The van der Waals surface area contributed by atoms with Crippen molar-refractivity contribution in [2.45, 2.75) is 44.7 Å². The van der Waals surface area contributed by atoms with Gasteiger partial charge in [0.15, 0.2) is 11.4 Å². The predicted molar refractivity (Wildman–Crippen MR) is 109 cm³/mol. The summed E-state index contributed by atoms with van der Waals surface area (Å²) in [6.07, 6.45) is 4.04. The summed E-state index contributed by atoms with van der Waals surface area (Å²) in [5.41, 5.74) is 7.94. The quantitative estimate of drug-likeness (QED) is 0.662. The number of nitrogen functional groups attached to an aromatic ring is 1. The summed E-state index contributed by atoms with van der Waals surface area (Å²) < 4.78 is 14.8. The third-order valence-electron chi connectivity index (χ3n) is 5.69. The Hall–Kier alpha value is -2.70. The zero-order valence-corrected chi connectivity index (χ0v) is 16.3. The lowest BCUT2D eigenvalue weighted by molar-refractivity contribution is -0.0865. The molecule has 3 aromatic rings. The van der Waals surface area contributed by atoms with Gasteiger partial charge in [-0.05, 0) is 24.1 Å². The fraction of sp³-hybridized carbons (Fsp3) is 0.364. The molecule has 146 valence electrons. The lowest BCUT2D eigenvalue weighted by Crippen LogP contribution is -2.39. The van der Waals surface area contributed by atoms with Crippen LogP contribution < -0.4 is 5.73 Å². The first-order chi connectivity index (χ1) is 13.6. The summed E-state index contributed by atoms with van der Waals surface area (Å²) >= 11 is 0. The number of ether oxygens (including phenoxy) is 2. The molecule has 1 aliphatic rings. The van der Waals surface area contributed by atoms with Crippen molar-refractivity contribution in [3.63, 3.8) is 0 Å². The maximum Gasteiger partial charge on any atom is 0.155 e. The molecule has 3 heterocycles. The Bertz CT molecular complexity index is 971. The molecule has 4 atom stereocenters. The van der Waals surface area contributed by atoms with Gasteiger partial charge in [0.05, 0.1) is 18.4 Å². The zero-order valence-electron chi connectivity index (χ0n) is 16.3. The molecule has 1 unspecified atom stereocenters. The normalized spacial score (nSPS) is 27.3. The van der Waals surface area contributed by atoms with Crippen molar-refractivity contribution in [1.82, 2.24) is 14.6 Å². The van der Waals surface area contributed by atoms with Gasteiger partial charge in [-0.15, -0.1) is 0 Å². The first-order valence-corrected chi connectivity index (χ1v) is 9.66. The molecule has 0 saturated carbocycles. The molecule has 0 amide bonds. The highest BCUT2D eigenvalue weighted by Gasteiger charge is 2.54. The van der Waals surface area contributed by atoms with Crippen LogP contribution in [0.4, 0.5) is 5.82 Å². The largest absolute Gasteiger partial charge is 0.382 e. The maximum absolute atomic E-state index is 6.59. The lowest BCUT2D eigenvalue weighted by atomic mass is 9.86. The second-order valence-corrected chi connectivity index (χ2v) is 7.30. The SMILES string of the molecule is C=C[C@]1(c2ccc3c(N)ncnn23)O[C@H](CC)C(C)[C@@H]1OCc1ccccc1. The van der Waals surface area contributed by atoms with Crippen LogP contribution >= 0.6 is 0 Å². The van der Waals surface area contributed by atoms with Gasteiger partial charge in [-0.3, -0.25) is 0 Å². The van der Waals surface area contributed by atoms with E-state index in [1.54, 1.807) is 4.52 Å². The number of hydrogen-bond donors (Lipinski definition) is 1. The highest BCUT2D eigenvalue weighted by atomic mass is 16.6. The summed E-state index contributed by atoms with van der Waals surface area (Å²) in [7, 11) is 0. The van der Waals surface area contributed by atoms with E-state index in [0.29, 0.717) is 12.4 Å². The zero-order chi connectivity index (χ0) is 19.7. The van der Waals surface area contributed by atoms with Crippen molar-refractivity contribution in [2.24, 2.45) is 5.92 Å². The Labute approximate surface area is 165 Å². The molecule has 1 aliphatic heterocycles. The number of hydrogen-bond acceptors (Lipinski definition) is 5. The molecule has 1 fully saturated rings. The Morgan fingerprint density at radius 1 is 1.29 bits per heavy atom. The number of nitrogens with two attached hydrogens (primary N) is 1. The second kappa shape index (κ2) is 7.37. The molecular weight excluding hydrogens is 352 g/mol. The highest BCUT2D eigenvalue weighted by Crippen LogP contribution is 2.47. The molecule has 1 aromatic carbocycles. The van der Waals surface area contributed by atoms with E-state index < -0.39 is 5.60 Å². The highest BCUT2D eigenvalue weighted by molar-refractivity contribution is 5.66. The first-order valence-electron chi connectivity index (χ1n) is 9.66. The molecule has 2 aromatic heterocycles. The van der Waals surface area contributed by atoms with Gasteiger partial charge in [0.2, 0.25) is 0 Å². The van der Waals surface area contributed by atoms with Crippen molar-refractivity contribution in [3.05, 3.63) is 72.7 Å². The van der Waals surface area contributed by atoms with Crippen LogP contribution in [-0.4, -0.2) is 26.8 Å². The third kappa shape index (κ3) is 2.89. The van der Waals surface area contributed by atoms with Crippen molar-refractivity contribution in [1.29, 1.82) is 0 Å². The number of nitrogens with zero attached hydrogens (tertiary/aromatic N) is 3. The topological polar surface area (TPSA) is 74.7 Å². The molecule has 0 radical (unpaired) electrons. The van der Waals surface area contributed by atoms with Crippen LogP contribution in [0.2, 0.25) is 0 Å². The van der Waals surface area contributed by atoms with Gasteiger partial charge < -0.3 is 15.2 Å². The Morgan fingerprint density at radius 3 is 2.79 bits per heavy atom. The Balaban J connectivity index is 1.76. The summed E-state index contributed by atoms with van der Waals surface area (Å²) in [5.74, 6) is 0.622. The summed E-state index contributed by atoms with van der Waals surface area (Å²) in [4.78, 5) is 4.08. The smallest absolute Gasteiger partial charge is 0.155 e. The Kier molecular flexibility index (Phi) is 4.91. The average Bonchev–Trinajstić information content (AvgIpc) is 3.28. The van der Waals surface area contributed by atoms with Crippen LogP contribution in [0.25, 0.3) is 5.52 Å². The van der Waals surface area contributed by atoms with E-state index in [2.05, 4.69) is 42.6 Å². The van der Waals surface area contributed by atoms with Gasteiger partial charge in [-0.2, -0.15) is 5.10 Å². The fourth-order valence-corrected chi connectivity index (χ4v) is 4.22. The number of rotatable bonds is 6. The molecule has 6 heteroatoms. The van der Waals surface area contributed by atoms with Gasteiger partial charge in [-0.1, -0.05) is 56.8 Å². The van der Waals surface area contributed by atoms with Crippen LogP contribution in [0, 0.1) is 5.92 Å². The van der Waals surface area contributed by atoms with Gasteiger partial charge in [0, 0.05) is 5.92 Å². The second-order valence-electron chi connectivity index (χ2n) is 7.30. The van der Waals surface area contributed by atoms with Crippen LogP contribution in [0.1, 0.15) is 31.5 Å². The third-order valence-corrected chi connectivity index (χ3v) is 5.69. The molecular formula is C22H26N4O2. The molecule has 6 nitrogen and oxygen atoms in total. The van der Waals surface area contributed by atoms with Crippen LogP contribution in [0.15, 0.2) is 61.4 Å². The predicted octanol–water partition coefficient (Wildman–Crippen LogP) is 3.72. The standard InChI is InChI=1S/C22H26N4O2/c1-4-18-15(3)20(27-13-16-9-7-6-8-10-16)22(5-2,28-18)19-12-11-17-21(23)24-14-25-26(17)19/h5-12,14-15,18,20H,2,4,13H2,1,3H3,(H2,23,24,25)/t15?,18-,20+,22-/m1/s1. The van der Waals surface area contributed by atoms with Crippen LogP contribution in [0.3, 0.4) is 0 Å². The van der Waals surface area contributed by atoms with Crippen molar-refractivity contribution >= 4 is 11.3 Å². The first kappa shape index (κ1) is 18.7. The Morgan fingerprint density at radius 2 is 2.07 bits per heavy atom. The summed E-state index contributed by atoms with van der Waals surface area (Å²) in [5, 5.41) is 4.41. The van der Waals surface area contributed by atoms with Crippen molar-refractivity contribution in [3.8, 4) is 0 Å². The molecule has 28 heavy (non-hydrogen) atoms. The minimum atomic E-state index is -0.817. The molecule has 1 saturated heterocycles. The molecule has 0 spiro atoms. The van der Waals surface area contributed by atoms with Crippen molar-refractivity contribution < 1.29 is 9.47 Å². The minimum Gasteiger partial charge on any atom is -0.382 e. The maximum atomic E-state index is 6.59. The fourth-order valence-electron chi connectivity index (χ4n) is 4.22. The molecule has 0 bridgehead atoms. The van der Waals surface area contributed by atoms with E-state index in [1.807, 2.05) is 36.4 Å². The molecule has 0 aliphatic carbocycles. The van der Waals surface area contributed by atoms with E-state index >= 15 is 0 Å². The lowest BCUT2D eigenvalue weighted by Gasteiger charge is -2.32. The van der Waals surface area contributed by atoms with Gasteiger partial charge in [0.1, 0.15) is 17.9 Å². The monoisotopic (exact) mass is 378 g/mol. The molecule has 4 rings (SSSR count). The minimum absolute atomic E-state index is 0.0588. The van der Waals surface area contributed by atoms with E-state index in [0.717, 1.165) is 23.2 Å². The summed E-state index contributed by atoms with van der Waals surface area (Å²) in [6, 6.07) is 14.1. The van der Waals surface area contributed by atoms with Crippen LogP contribution in [-0.2, 0) is 21.7 Å². The summed E-state index contributed by atoms with van der Waals surface area (Å²) in [6.45, 7) is 8.93. The number of anilines is 1. The van der Waals surface area contributed by atoms with E-state index in [4.69, 9.17) is 15.2 Å². The van der Waals surface area contributed by atoms with Crippen molar-refractivity contribution in [2.75, 3.05) is 5.73 Å². The average molecular weight is 378 g/mol. The van der Waals surface area contributed by atoms with E-state index in [9.17, 15) is 0 Å². The number of fused-ring (bicyclic) bond motifs is 1. The van der Waals surface area contributed by atoms with E-state index in [-0.39, 0.29) is 18.1 Å². The van der Waals surface area contributed by atoms with Gasteiger partial charge in [0.25, 0.3) is 0 Å². The van der Waals surface area contributed by atoms with E-state index in [1.165, 1.54) is 6.33 Å². The molecule has 2 N–H and O–H groups in total. The number of benzene rings is 1. The van der Waals surface area contributed by atoms with Crippen LogP contribution in [0.5, 0.6) is 0 Å². The van der Waals surface area contributed by atoms with Gasteiger partial charge in [-0.25, -0.2) is 9.50 Å². The van der Waals surface area contributed by atoms with Gasteiger partial charge >= 0.3 is 0 Å².